The first-order chi connectivity index (χ1) is 26.5. The molecule has 2 fully saturated rings. The molecular weight excluding hydrogens is 776 g/mol. The van der Waals surface area contributed by atoms with Gasteiger partial charge in [0.15, 0.2) is 5.60 Å². The number of rotatable bonds is 9. The van der Waals surface area contributed by atoms with E-state index in [0.29, 0.717) is 17.6 Å². The minimum atomic E-state index is -2.47. The molecule has 0 unspecified atom stereocenters. The lowest BCUT2D eigenvalue weighted by Gasteiger charge is -2.37. The maximum Gasteiger partial charge on any atom is 0.279 e. The summed E-state index contributed by atoms with van der Waals surface area (Å²) >= 11 is 3.69. The van der Waals surface area contributed by atoms with Gasteiger partial charge in [-0.05, 0) is 72.5 Å². The van der Waals surface area contributed by atoms with Crippen molar-refractivity contribution in [1.82, 2.24) is 14.7 Å². The topological polar surface area (TPSA) is 114 Å². The average Bonchev–Trinajstić information content (AvgIpc) is 3.86. The van der Waals surface area contributed by atoms with Gasteiger partial charge in [0.05, 0.1) is 69.9 Å². The fourth-order valence-corrected chi connectivity index (χ4v) is 13.9. The Kier molecular flexibility index (Phi) is 9.81. The molecule has 5 atom stereocenters. The number of halogens is 1. The molecule has 3 aliphatic rings. The first-order valence-electron chi connectivity index (χ1n) is 18.9. The van der Waals surface area contributed by atoms with Crippen LogP contribution in [0.1, 0.15) is 37.3 Å². The lowest BCUT2D eigenvalue weighted by molar-refractivity contribution is -0.150. The Morgan fingerprint density at radius 1 is 1.04 bits per heavy atom. The quantitative estimate of drug-likeness (QED) is 0.174. The van der Waals surface area contributed by atoms with Gasteiger partial charge in [-0.2, -0.15) is 9.78 Å². The Balaban J connectivity index is 1.16. The number of hydrogen-bond donors (Lipinski definition) is 1. The number of carbonyl (C=O) groups is 2. The molecule has 1 spiro atoms. The molecule has 0 radical (unpaired) electrons. The third-order valence-corrected chi connectivity index (χ3v) is 17.2. The average molecular weight is 822 g/mol. The van der Waals surface area contributed by atoms with Gasteiger partial charge in [0.1, 0.15) is 5.75 Å². The van der Waals surface area contributed by atoms with Crippen LogP contribution >= 0.6 is 15.9 Å². The minimum Gasteiger partial charge on any atom is -0.497 e. The summed E-state index contributed by atoms with van der Waals surface area (Å²) in [5.74, 6) is 0.288. The number of aromatic nitrogens is 2. The van der Waals surface area contributed by atoms with Crippen molar-refractivity contribution in [3.8, 4) is 11.4 Å². The first-order valence-corrected chi connectivity index (χ1v) is 22.8. The fraction of sp³-hybridized carbons (Fsp3) is 0.349. The van der Waals surface area contributed by atoms with E-state index in [4.69, 9.17) is 9.47 Å². The molecule has 8 rings (SSSR count). The highest BCUT2D eigenvalue weighted by Crippen LogP contribution is 2.60. The predicted octanol–water partition coefficient (Wildman–Crippen LogP) is 6.29. The monoisotopic (exact) mass is 820 g/mol. The minimum absolute atomic E-state index is 0.0489. The largest absolute Gasteiger partial charge is 0.497 e. The number of likely N-dealkylation sites (tertiary alicyclic amines) is 1. The van der Waals surface area contributed by atoms with E-state index in [1.165, 1.54) is 9.87 Å². The summed E-state index contributed by atoms with van der Waals surface area (Å²) in [6.45, 7) is 7.55. The zero-order chi connectivity index (χ0) is 38.6. The molecule has 4 heterocycles. The Morgan fingerprint density at radius 2 is 1.78 bits per heavy atom. The highest BCUT2D eigenvalue weighted by atomic mass is 79.9. The summed E-state index contributed by atoms with van der Waals surface area (Å²) < 4.78 is 14.9. The van der Waals surface area contributed by atoms with Crippen LogP contribution in [0.3, 0.4) is 0 Å². The van der Waals surface area contributed by atoms with Crippen molar-refractivity contribution in [2.24, 2.45) is 5.92 Å². The van der Waals surface area contributed by atoms with Crippen LogP contribution in [0.5, 0.6) is 5.75 Å². The molecule has 284 valence electrons. The molecule has 3 aliphatic heterocycles. The highest BCUT2D eigenvalue weighted by molar-refractivity contribution is 9.10. The SMILES string of the molecule is COc1ccc([Si](C)(C)[C@H]2[C@H](CC(=O)N3CCC[C@H]3CO)O[C@@]3(C(=O)N(Cc4ccc(-n5ncc6ccccc6c5=O)cc4)c4ccc(Br)cc43)[C@@H]2C)cc1. The van der Waals surface area contributed by atoms with Crippen molar-refractivity contribution in [3.63, 3.8) is 0 Å². The number of hydrogen-bond acceptors (Lipinski definition) is 7. The van der Waals surface area contributed by atoms with Crippen LogP contribution in [0.15, 0.2) is 106 Å². The molecular formula is C43H45BrN4O6Si. The Hall–Kier alpha value is -4.62. The molecule has 2 saturated heterocycles. The van der Waals surface area contributed by atoms with Gasteiger partial charge in [-0.1, -0.05) is 83.6 Å². The predicted molar refractivity (Wildman–Crippen MR) is 219 cm³/mol. The van der Waals surface area contributed by atoms with Crippen LogP contribution in [-0.2, 0) is 26.5 Å². The van der Waals surface area contributed by atoms with Gasteiger partial charge in [0, 0.05) is 27.9 Å². The van der Waals surface area contributed by atoms with Crippen LogP contribution in [-0.4, -0.2) is 72.1 Å². The number of benzene rings is 4. The standard InChI is InChI=1S/C43H45BrN4O6Si/c1-27-40(55(3,4)34-18-16-33(53-2)17-19-34)38(23-39(50)46-21-7-9-32(46)26-49)54-43(27)36-22-30(44)13-20-37(36)47(42(43)52)25-28-11-14-31(15-12-28)48-41(51)35-10-6-5-8-29(35)24-45-48/h5-6,8,10-20,22,24,27,32,38,40,49H,7,9,21,23,25-26H2,1-4H3/t27-,32+,38+,40-,43+/m1/s1. The van der Waals surface area contributed by atoms with E-state index in [1.54, 1.807) is 29.2 Å². The zero-order valence-electron chi connectivity index (χ0n) is 31.4. The van der Waals surface area contributed by atoms with Crippen LogP contribution in [0, 0.1) is 5.92 Å². The third-order valence-electron chi connectivity index (χ3n) is 12.3. The second-order valence-electron chi connectivity index (χ2n) is 15.6. The van der Waals surface area contributed by atoms with E-state index in [9.17, 15) is 14.7 Å². The molecule has 1 N–H and O–H groups in total. The molecule has 0 saturated carbocycles. The third kappa shape index (κ3) is 6.23. The molecule has 5 aromatic rings. The smallest absolute Gasteiger partial charge is 0.279 e. The number of carbonyl (C=O) groups excluding carboxylic acids is 2. The number of aliphatic hydroxyl groups excluding tert-OH is 1. The summed E-state index contributed by atoms with van der Waals surface area (Å²) in [6, 6.07) is 28.8. The maximum atomic E-state index is 15.2. The van der Waals surface area contributed by atoms with Crippen molar-refractivity contribution in [3.05, 3.63) is 123 Å². The van der Waals surface area contributed by atoms with Crippen molar-refractivity contribution >= 4 is 57.5 Å². The van der Waals surface area contributed by atoms with Crippen LogP contribution in [0.2, 0.25) is 18.6 Å². The van der Waals surface area contributed by atoms with Gasteiger partial charge in [-0.25, -0.2) is 0 Å². The van der Waals surface area contributed by atoms with Gasteiger partial charge in [-0.3, -0.25) is 14.4 Å². The second kappa shape index (κ2) is 14.5. The highest BCUT2D eigenvalue weighted by Gasteiger charge is 2.66. The number of nitrogens with zero attached hydrogens (tertiary/aromatic N) is 4. The summed E-state index contributed by atoms with van der Waals surface area (Å²) in [5.41, 5.74) is 1.43. The van der Waals surface area contributed by atoms with Crippen LogP contribution < -0.4 is 20.4 Å². The summed E-state index contributed by atoms with van der Waals surface area (Å²) in [4.78, 5) is 46.2. The zero-order valence-corrected chi connectivity index (χ0v) is 34.0. The van der Waals surface area contributed by atoms with Crippen molar-refractivity contribution in [2.75, 3.05) is 25.2 Å². The van der Waals surface area contributed by atoms with Crippen molar-refractivity contribution in [2.45, 2.75) is 69.1 Å². The van der Waals surface area contributed by atoms with Gasteiger partial charge < -0.3 is 24.4 Å². The number of ether oxygens (including phenoxy) is 2. The molecule has 10 nitrogen and oxygen atoms in total. The molecule has 1 aromatic heterocycles. The molecule has 0 bridgehead atoms. The van der Waals surface area contributed by atoms with E-state index >= 15 is 4.79 Å². The van der Waals surface area contributed by atoms with Crippen LogP contribution in [0.4, 0.5) is 5.69 Å². The van der Waals surface area contributed by atoms with E-state index in [-0.39, 0.29) is 54.4 Å². The van der Waals surface area contributed by atoms with Gasteiger partial charge in [0.2, 0.25) is 5.91 Å². The van der Waals surface area contributed by atoms with E-state index < -0.39 is 19.8 Å². The lowest BCUT2D eigenvalue weighted by atomic mass is 9.82. The molecule has 55 heavy (non-hydrogen) atoms. The lowest BCUT2D eigenvalue weighted by Crippen LogP contribution is -2.52. The van der Waals surface area contributed by atoms with E-state index in [1.807, 2.05) is 72.8 Å². The van der Waals surface area contributed by atoms with Crippen molar-refractivity contribution < 1.29 is 24.2 Å². The normalized spacial score (nSPS) is 23.6. The number of amides is 2. The van der Waals surface area contributed by atoms with Gasteiger partial charge >= 0.3 is 0 Å². The number of fused-ring (bicyclic) bond motifs is 3. The van der Waals surface area contributed by atoms with Gasteiger partial charge in [-0.15, -0.1) is 0 Å². The first kappa shape index (κ1) is 37.3. The van der Waals surface area contributed by atoms with E-state index in [2.05, 4.69) is 53.2 Å². The number of anilines is 1. The Morgan fingerprint density at radius 3 is 2.51 bits per heavy atom. The van der Waals surface area contributed by atoms with Crippen LogP contribution in [0.25, 0.3) is 16.5 Å². The maximum absolute atomic E-state index is 15.2. The summed E-state index contributed by atoms with van der Waals surface area (Å²) in [7, 11) is -0.820. The molecule has 0 aliphatic carbocycles. The van der Waals surface area contributed by atoms with E-state index in [0.717, 1.165) is 45.3 Å². The van der Waals surface area contributed by atoms with Gasteiger partial charge in [0.25, 0.3) is 11.5 Å². The number of methoxy groups -OCH3 is 1. The Bertz CT molecular complexity index is 2330. The molecule has 4 aromatic carbocycles. The Labute approximate surface area is 329 Å². The molecule has 2 amide bonds. The molecule has 12 heteroatoms. The second-order valence-corrected chi connectivity index (χ2v) is 21.2. The summed E-state index contributed by atoms with van der Waals surface area (Å²) in [5, 5.41) is 17.0. The van der Waals surface area contributed by atoms with Crippen molar-refractivity contribution in [1.29, 1.82) is 0 Å². The fourth-order valence-electron chi connectivity index (χ4n) is 9.49. The number of aliphatic hydroxyl groups is 1. The summed E-state index contributed by atoms with van der Waals surface area (Å²) in [6.07, 6.45) is 2.90.